The number of nitrogens with zero attached hydrogens (tertiary/aromatic N) is 3. The summed E-state index contributed by atoms with van der Waals surface area (Å²) in [6.07, 6.45) is 1.18. The summed E-state index contributed by atoms with van der Waals surface area (Å²) in [6, 6.07) is 4.80. The van der Waals surface area contributed by atoms with E-state index in [0.29, 0.717) is 17.0 Å². The molecule has 2 aromatic rings. The fourth-order valence-electron chi connectivity index (χ4n) is 1.24. The molecular formula is C9H7N3O3. The van der Waals surface area contributed by atoms with Crippen LogP contribution in [0.3, 0.4) is 0 Å². The van der Waals surface area contributed by atoms with Crippen molar-refractivity contribution in [1.29, 1.82) is 0 Å². The van der Waals surface area contributed by atoms with Crippen LogP contribution in [-0.2, 0) is 0 Å². The summed E-state index contributed by atoms with van der Waals surface area (Å²) in [5.41, 5.74) is 1.23. The van der Waals surface area contributed by atoms with E-state index >= 15 is 0 Å². The van der Waals surface area contributed by atoms with Gasteiger partial charge in [-0.1, -0.05) is 17.3 Å². The normalized spacial score (nSPS) is 10.2. The molecule has 1 aromatic heterocycles. The Labute approximate surface area is 84.7 Å². The van der Waals surface area contributed by atoms with Crippen LogP contribution in [0.2, 0.25) is 0 Å². The lowest BCUT2D eigenvalue weighted by Crippen LogP contribution is -1.92. The third-order valence-corrected chi connectivity index (χ3v) is 2.03. The number of rotatable bonds is 2. The fourth-order valence-corrected chi connectivity index (χ4v) is 1.24. The second-order valence-corrected chi connectivity index (χ2v) is 3.01. The molecule has 0 radical (unpaired) electrons. The second kappa shape index (κ2) is 3.49. The average molecular weight is 205 g/mol. The number of aromatic nitrogens is 2. The highest BCUT2D eigenvalue weighted by Gasteiger charge is 2.13. The van der Waals surface area contributed by atoms with E-state index in [1.54, 1.807) is 19.1 Å². The molecule has 0 unspecified atom stereocenters. The van der Waals surface area contributed by atoms with E-state index in [2.05, 4.69) is 14.7 Å². The summed E-state index contributed by atoms with van der Waals surface area (Å²) < 4.78 is 4.57. The van der Waals surface area contributed by atoms with E-state index in [4.69, 9.17) is 0 Å². The van der Waals surface area contributed by atoms with Crippen molar-refractivity contribution in [3.8, 4) is 11.4 Å². The lowest BCUT2D eigenvalue weighted by molar-refractivity contribution is -0.385. The minimum absolute atomic E-state index is 0.0531. The molecule has 0 saturated carbocycles. The number of nitro groups is 1. The van der Waals surface area contributed by atoms with E-state index in [1.807, 2.05) is 0 Å². The van der Waals surface area contributed by atoms with Crippen molar-refractivity contribution in [3.05, 3.63) is 40.3 Å². The Kier molecular flexibility index (Phi) is 2.17. The Balaban J connectivity index is 2.52. The maximum atomic E-state index is 10.7. The van der Waals surface area contributed by atoms with Crippen LogP contribution in [0.5, 0.6) is 0 Å². The van der Waals surface area contributed by atoms with Crippen LogP contribution in [0, 0.1) is 17.0 Å². The molecule has 15 heavy (non-hydrogen) atoms. The highest BCUT2D eigenvalue weighted by Crippen LogP contribution is 2.24. The van der Waals surface area contributed by atoms with E-state index in [-0.39, 0.29) is 5.69 Å². The third kappa shape index (κ3) is 1.69. The number of hydrogen-bond acceptors (Lipinski definition) is 5. The Bertz CT molecular complexity index is 493. The Morgan fingerprint density at radius 1 is 1.47 bits per heavy atom. The fraction of sp³-hybridized carbons (Fsp3) is 0.111. The zero-order valence-corrected chi connectivity index (χ0v) is 7.88. The van der Waals surface area contributed by atoms with Gasteiger partial charge in [0.05, 0.1) is 4.92 Å². The van der Waals surface area contributed by atoms with Crippen LogP contribution < -0.4 is 0 Å². The maximum absolute atomic E-state index is 10.7. The highest BCUT2D eigenvalue weighted by molar-refractivity contribution is 5.60. The van der Waals surface area contributed by atoms with E-state index in [0.717, 1.165) is 0 Å². The van der Waals surface area contributed by atoms with Gasteiger partial charge in [-0.25, -0.2) is 0 Å². The molecule has 0 amide bonds. The largest absolute Gasteiger partial charge is 0.342 e. The first kappa shape index (κ1) is 9.32. The van der Waals surface area contributed by atoms with E-state index in [1.165, 1.54) is 12.5 Å². The van der Waals surface area contributed by atoms with Gasteiger partial charge in [0.1, 0.15) is 0 Å². The maximum Gasteiger partial charge on any atom is 0.273 e. The molecule has 0 aliphatic rings. The monoisotopic (exact) mass is 205 g/mol. The molecule has 0 N–H and O–H groups in total. The van der Waals surface area contributed by atoms with Crippen LogP contribution >= 0.6 is 0 Å². The molecule has 0 atom stereocenters. The molecule has 0 aliphatic heterocycles. The molecule has 0 spiro atoms. The van der Waals surface area contributed by atoms with Gasteiger partial charge in [0.25, 0.3) is 5.69 Å². The molecule has 0 aliphatic carbocycles. The quantitative estimate of drug-likeness (QED) is 0.552. The van der Waals surface area contributed by atoms with Gasteiger partial charge in [-0.3, -0.25) is 10.1 Å². The van der Waals surface area contributed by atoms with Gasteiger partial charge >= 0.3 is 0 Å². The van der Waals surface area contributed by atoms with Crippen LogP contribution in [-0.4, -0.2) is 15.1 Å². The SMILES string of the molecule is Cc1ccc(-c2ncon2)cc1[N+](=O)[O-]. The van der Waals surface area contributed by atoms with Crippen LogP contribution in [0.1, 0.15) is 5.56 Å². The smallest absolute Gasteiger partial charge is 0.273 e. The highest BCUT2D eigenvalue weighted by atomic mass is 16.6. The van der Waals surface area contributed by atoms with E-state index in [9.17, 15) is 10.1 Å². The van der Waals surface area contributed by atoms with Crippen LogP contribution in [0.25, 0.3) is 11.4 Å². The molecule has 0 saturated heterocycles. The predicted molar refractivity (Wildman–Crippen MR) is 51.1 cm³/mol. The van der Waals surface area contributed by atoms with E-state index < -0.39 is 4.92 Å². The summed E-state index contributed by atoms with van der Waals surface area (Å²) in [6.45, 7) is 1.68. The Morgan fingerprint density at radius 2 is 2.27 bits per heavy atom. The molecule has 0 fully saturated rings. The molecule has 0 bridgehead atoms. The van der Waals surface area contributed by atoms with Crippen molar-refractivity contribution >= 4 is 5.69 Å². The van der Waals surface area contributed by atoms with Gasteiger partial charge in [0.2, 0.25) is 12.2 Å². The summed E-state index contributed by atoms with van der Waals surface area (Å²) in [5.74, 6) is 0.345. The number of aryl methyl sites for hydroxylation is 1. The third-order valence-electron chi connectivity index (χ3n) is 2.03. The van der Waals surface area contributed by atoms with Crippen molar-refractivity contribution in [2.24, 2.45) is 0 Å². The molecule has 2 rings (SSSR count). The van der Waals surface area contributed by atoms with Gasteiger partial charge in [0, 0.05) is 17.2 Å². The Morgan fingerprint density at radius 3 is 2.87 bits per heavy atom. The Hall–Kier alpha value is -2.24. The summed E-state index contributed by atoms with van der Waals surface area (Å²) in [7, 11) is 0. The van der Waals surface area contributed by atoms with Crippen molar-refractivity contribution in [1.82, 2.24) is 10.1 Å². The molecule has 6 nitrogen and oxygen atoms in total. The lowest BCUT2D eigenvalue weighted by Gasteiger charge is -1.98. The van der Waals surface area contributed by atoms with Gasteiger partial charge < -0.3 is 4.52 Å². The average Bonchev–Trinajstić information content (AvgIpc) is 2.71. The number of nitro benzene ring substituents is 1. The van der Waals surface area contributed by atoms with Crippen molar-refractivity contribution in [2.75, 3.05) is 0 Å². The van der Waals surface area contributed by atoms with Gasteiger partial charge in [0.15, 0.2) is 0 Å². The first-order valence-electron chi connectivity index (χ1n) is 4.20. The molecule has 1 aromatic carbocycles. The first-order valence-corrected chi connectivity index (χ1v) is 4.20. The molecule has 6 heteroatoms. The minimum atomic E-state index is -0.432. The zero-order chi connectivity index (χ0) is 10.8. The van der Waals surface area contributed by atoms with Crippen molar-refractivity contribution < 1.29 is 9.45 Å². The number of hydrogen-bond donors (Lipinski definition) is 0. The summed E-state index contributed by atoms with van der Waals surface area (Å²) >= 11 is 0. The lowest BCUT2D eigenvalue weighted by atomic mass is 10.1. The molecular weight excluding hydrogens is 198 g/mol. The molecule has 1 heterocycles. The van der Waals surface area contributed by atoms with Crippen LogP contribution in [0.4, 0.5) is 5.69 Å². The summed E-state index contributed by atoms with van der Waals surface area (Å²) in [5, 5.41) is 14.3. The van der Waals surface area contributed by atoms with Crippen molar-refractivity contribution in [2.45, 2.75) is 6.92 Å². The van der Waals surface area contributed by atoms with Gasteiger partial charge in [-0.05, 0) is 6.92 Å². The zero-order valence-electron chi connectivity index (χ0n) is 7.88. The van der Waals surface area contributed by atoms with Gasteiger partial charge in [-0.15, -0.1) is 0 Å². The topological polar surface area (TPSA) is 82.1 Å². The van der Waals surface area contributed by atoms with Crippen LogP contribution in [0.15, 0.2) is 29.1 Å². The van der Waals surface area contributed by atoms with Gasteiger partial charge in [-0.2, -0.15) is 4.98 Å². The standard InChI is InChI=1S/C9H7N3O3/c1-6-2-3-7(4-8(6)12(13)14)9-10-5-15-11-9/h2-5H,1H3. The number of benzene rings is 1. The minimum Gasteiger partial charge on any atom is -0.342 e. The molecule has 76 valence electrons. The van der Waals surface area contributed by atoms with Crippen molar-refractivity contribution in [3.63, 3.8) is 0 Å². The first-order chi connectivity index (χ1) is 7.18. The predicted octanol–water partition coefficient (Wildman–Crippen LogP) is 1.95. The second-order valence-electron chi connectivity index (χ2n) is 3.01. The summed E-state index contributed by atoms with van der Waals surface area (Å²) in [4.78, 5) is 14.1.